The number of fused-ring (bicyclic) bond motifs is 1. The van der Waals surface area contributed by atoms with Gasteiger partial charge in [0.05, 0.1) is 0 Å². The Morgan fingerprint density at radius 2 is 1.94 bits per heavy atom. The number of hydrogen-bond donors (Lipinski definition) is 1. The van der Waals surface area contributed by atoms with E-state index < -0.39 is 0 Å². The van der Waals surface area contributed by atoms with Gasteiger partial charge in [-0.25, -0.2) is 0 Å². The molecule has 0 bridgehead atoms. The van der Waals surface area contributed by atoms with Gasteiger partial charge in [0, 0.05) is 19.1 Å². The first kappa shape index (κ1) is 13.4. The third kappa shape index (κ3) is 3.69. The molecule has 2 fully saturated rings. The maximum Gasteiger partial charge on any atom is 0.0192 e. The topological polar surface area (TPSA) is 15.3 Å². The van der Waals surface area contributed by atoms with Gasteiger partial charge >= 0.3 is 0 Å². The van der Waals surface area contributed by atoms with Gasteiger partial charge in [-0.1, -0.05) is 26.2 Å². The highest BCUT2D eigenvalue weighted by Crippen LogP contribution is 2.36. The maximum absolute atomic E-state index is 3.56. The Morgan fingerprint density at radius 1 is 1.18 bits per heavy atom. The molecule has 1 saturated carbocycles. The van der Waals surface area contributed by atoms with E-state index in [9.17, 15) is 0 Å². The largest absolute Gasteiger partial charge is 0.315 e. The molecule has 0 amide bonds. The summed E-state index contributed by atoms with van der Waals surface area (Å²) in [6, 6.07) is 0.726. The van der Waals surface area contributed by atoms with Crippen molar-refractivity contribution >= 4 is 0 Å². The molecule has 0 aromatic rings. The summed E-state index contributed by atoms with van der Waals surface area (Å²) in [5.41, 5.74) is 0. The van der Waals surface area contributed by atoms with Gasteiger partial charge in [0.25, 0.3) is 0 Å². The predicted molar refractivity (Wildman–Crippen MR) is 74.3 cm³/mol. The van der Waals surface area contributed by atoms with Crippen LogP contribution in [0.15, 0.2) is 0 Å². The molecule has 0 aromatic carbocycles. The van der Waals surface area contributed by atoms with Crippen molar-refractivity contribution in [2.45, 2.75) is 58.4 Å². The van der Waals surface area contributed by atoms with Crippen LogP contribution >= 0.6 is 0 Å². The molecule has 1 saturated heterocycles. The summed E-state index contributed by atoms with van der Waals surface area (Å²) in [7, 11) is 0. The molecule has 0 radical (unpaired) electrons. The van der Waals surface area contributed by atoms with Crippen LogP contribution in [0.5, 0.6) is 0 Å². The number of piperidine rings is 1. The molecule has 1 aliphatic carbocycles. The second-order valence-corrected chi connectivity index (χ2v) is 6.14. The van der Waals surface area contributed by atoms with E-state index in [1.54, 1.807) is 0 Å². The molecular weight excluding hydrogens is 208 g/mol. The Labute approximate surface area is 107 Å². The van der Waals surface area contributed by atoms with Crippen molar-refractivity contribution in [2.24, 2.45) is 11.8 Å². The first-order valence-corrected chi connectivity index (χ1v) is 7.76. The first-order chi connectivity index (χ1) is 8.31. The molecule has 2 rings (SSSR count). The molecular formula is C15H30N2. The Morgan fingerprint density at radius 3 is 2.71 bits per heavy atom. The van der Waals surface area contributed by atoms with Crippen LogP contribution in [0, 0.1) is 11.8 Å². The lowest BCUT2D eigenvalue weighted by molar-refractivity contribution is 0.0618. The molecule has 17 heavy (non-hydrogen) atoms. The highest BCUT2D eigenvalue weighted by Gasteiger charge is 2.32. The lowest BCUT2D eigenvalue weighted by atomic mass is 9.75. The zero-order chi connectivity index (χ0) is 12.1. The van der Waals surface area contributed by atoms with Crippen molar-refractivity contribution in [1.29, 1.82) is 0 Å². The van der Waals surface area contributed by atoms with Crippen LogP contribution < -0.4 is 5.32 Å². The van der Waals surface area contributed by atoms with Crippen molar-refractivity contribution in [3.8, 4) is 0 Å². The number of rotatable bonds is 5. The average molecular weight is 238 g/mol. The molecule has 0 aromatic heterocycles. The van der Waals surface area contributed by atoms with Gasteiger partial charge in [-0.2, -0.15) is 0 Å². The zero-order valence-corrected chi connectivity index (χ0v) is 11.8. The Balaban J connectivity index is 1.74. The number of nitrogens with zero attached hydrogens (tertiary/aromatic N) is 1. The van der Waals surface area contributed by atoms with Crippen LogP contribution in [0.4, 0.5) is 0 Å². The Hall–Kier alpha value is -0.0800. The SMILES string of the molecule is CCCNCC(C)N1CCC2CCCCC2C1. The molecule has 2 aliphatic rings. The third-order valence-electron chi connectivity index (χ3n) is 4.81. The molecule has 0 spiro atoms. The second-order valence-electron chi connectivity index (χ2n) is 6.14. The summed E-state index contributed by atoms with van der Waals surface area (Å²) in [5.74, 6) is 2.09. The fourth-order valence-electron chi connectivity index (χ4n) is 3.65. The number of nitrogens with one attached hydrogen (secondary N) is 1. The zero-order valence-electron chi connectivity index (χ0n) is 11.8. The molecule has 1 N–H and O–H groups in total. The fraction of sp³-hybridized carbons (Fsp3) is 1.00. The van der Waals surface area contributed by atoms with E-state index in [4.69, 9.17) is 0 Å². The molecule has 1 heterocycles. The second kappa shape index (κ2) is 6.75. The minimum atomic E-state index is 0.726. The molecule has 3 unspecified atom stereocenters. The van der Waals surface area contributed by atoms with Gasteiger partial charge < -0.3 is 5.32 Å². The van der Waals surface area contributed by atoms with Crippen molar-refractivity contribution in [1.82, 2.24) is 10.2 Å². The quantitative estimate of drug-likeness (QED) is 0.741. The van der Waals surface area contributed by atoms with Crippen LogP contribution in [0.1, 0.15) is 52.4 Å². The maximum atomic E-state index is 3.56. The van der Waals surface area contributed by atoms with Crippen LogP contribution in [0.2, 0.25) is 0 Å². The van der Waals surface area contributed by atoms with Crippen molar-refractivity contribution in [3.05, 3.63) is 0 Å². The van der Waals surface area contributed by atoms with Crippen LogP contribution in [0.3, 0.4) is 0 Å². The summed E-state index contributed by atoms with van der Waals surface area (Å²) in [6.07, 6.45) is 8.70. The lowest BCUT2D eigenvalue weighted by Crippen LogP contribution is -2.48. The molecule has 1 aliphatic heterocycles. The van der Waals surface area contributed by atoms with E-state index in [2.05, 4.69) is 24.1 Å². The van der Waals surface area contributed by atoms with Gasteiger partial charge in [-0.3, -0.25) is 4.90 Å². The van der Waals surface area contributed by atoms with Gasteiger partial charge in [0.15, 0.2) is 0 Å². The van der Waals surface area contributed by atoms with Crippen molar-refractivity contribution in [3.63, 3.8) is 0 Å². The van der Waals surface area contributed by atoms with Gasteiger partial charge in [-0.05, 0) is 51.1 Å². The normalized spacial score (nSPS) is 32.1. The number of likely N-dealkylation sites (tertiary alicyclic amines) is 1. The summed E-state index contributed by atoms with van der Waals surface area (Å²) in [6.45, 7) is 9.70. The Bertz CT molecular complexity index is 217. The minimum absolute atomic E-state index is 0.726. The van der Waals surface area contributed by atoms with Crippen LogP contribution in [-0.4, -0.2) is 37.1 Å². The smallest absolute Gasteiger partial charge is 0.0192 e. The van der Waals surface area contributed by atoms with E-state index in [-0.39, 0.29) is 0 Å². The average Bonchev–Trinajstić information content (AvgIpc) is 2.38. The molecule has 2 nitrogen and oxygen atoms in total. The summed E-state index contributed by atoms with van der Waals surface area (Å²) in [5, 5.41) is 3.56. The standard InChI is InChI=1S/C15H30N2/c1-3-9-16-11-13(2)17-10-8-14-6-4-5-7-15(14)12-17/h13-16H,3-12H2,1-2H3. The number of hydrogen-bond acceptors (Lipinski definition) is 2. The third-order valence-corrected chi connectivity index (χ3v) is 4.81. The van der Waals surface area contributed by atoms with Crippen LogP contribution in [-0.2, 0) is 0 Å². The van der Waals surface area contributed by atoms with Crippen molar-refractivity contribution in [2.75, 3.05) is 26.2 Å². The van der Waals surface area contributed by atoms with E-state index >= 15 is 0 Å². The summed E-state index contributed by atoms with van der Waals surface area (Å²) < 4.78 is 0. The highest BCUT2D eigenvalue weighted by molar-refractivity contribution is 4.85. The Kier molecular flexibility index (Phi) is 5.30. The van der Waals surface area contributed by atoms with Gasteiger partial charge in [0.2, 0.25) is 0 Å². The van der Waals surface area contributed by atoms with E-state index in [0.29, 0.717) is 0 Å². The van der Waals surface area contributed by atoms with E-state index in [0.717, 1.165) is 17.9 Å². The fourth-order valence-corrected chi connectivity index (χ4v) is 3.65. The minimum Gasteiger partial charge on any atom is -0.315 e. The summed E-state index contributed by atoms with van der Waals surface area (Å²) >= 11 is 0. The van der Waals surface area contributed by atoms with E-state index in [1.165, 1.54) is 64.7 Å². The molecule has 3 atom stereocenters. The summed E-state index contributed by atoms with van der Waals surface area (Å²) in [4.78, 5) is 2.73. The van der Waals surface area contributed by atoms with Crippen LogP contribution in [0.25, 0.3) is 0 Å². The highest BCUT2D eigenvalue weighted by atomic mass is 15.2. The van der Waals surface area contributed by atoms with Gasteiger partial charge in [-0.15, -0.1) is 0 Å². The van der Waals surface area contributed by atoms with Gasteiger partial charge in [0.1, 0.15) is 0 Å². The lowest BCUT2D eigenvalue weighted by Gasteiger charge is -2.43. The molecule has 2 heteroatoms. The first-order valence-electron chi connectivity index (χ1n) is 7.76. The predicted octanol–water partition coefficient (Wildman–Crippen LogP) is 2.89. The monoisotopic (exact) mass is 238 g/mol. The van der Waals surface area contributed by atoms with E-state index in [1.807, 2.05) is 0 Å². The van der Waals surface area contributed by atoms with Crippen molar-refractivity contribution < 1.29 is 0 Å². The molecule has 100 valence electrons.